The van der Waals surface area contributed by atoms with Crippen molar-refractivity contribution in [3.63, 3.8) is 0 Å². The van der Waals surface area contributed by atoms with Gasteiger partial charge in [-0.25, -0.2) is 0 Å². The van der Waals surface area contributed by atoms with Gasteiger partial charge in [0.1, 0.15) is 0 Å². The number of ketones is 1. The highest BCUT2D eigenvalue weighted by molar-refractivity contribution is 5.98. The van der Waals surface area contributed by atoms with Gasteiger partial charge in [-0.15, -0.1) is 0 Å². The zero-order chi connectivity index (χ0) is 44.1. The summed E-state index contributed by atoms with van der Waals surface area (Å²) in [6.45, 7) is 16.1. The van der Waals surface area contributed by atoms with E-state index in [1.54, 1.807) is 64.1 Å². The highest BCUT2D eigenvalue weighted by Gasteiger charge is 2.42. The molecule has 12 nitrogen and oxygen atoms in total. The number of carbonyl (C=O) groups excluding carboxylic acids is 5. The van der Waals surface area contributed by atoms with Gasteiger partial charge in [-0.1, -0.05) is 97.4 Å². The van der Waals surface area contributed by atoms with Gasteiger partial charge >= 0.3 is 0 Å². The van der Waals surface area contributed by atoms with E-state index in [2.05, 4.69) is 19.2 Å². The van der Waals surface area contributed by atoms with Gasteiger partial charge in [0.05, 0.1) is 54.8 Å². The molecule has 1 aliphatic heterocycles. The Bertz CT molecular complexity index is 1670. The molecular formula is C47H72N4O8. The summed E-state index contributed by atoms with van der Waals surface area (Å²) in [4.78, 5) is 73.6. The summed E-state index contributed by atoms with van der Waals surface area (Å²) in [5.74, 6) is -1.61. The molecule has 1 fully saturated rings. The maximum Gasteiger partial charge on any atom is 0.254 e. The Morgan fingerprint density at radius 2 is 1.47 bits per heavy atom. The van der Waals surface area contributed by atoms with E-state index < -0.39 is 42.4 Å². The van der Waals surface area contributed by atoms with Crippen molar-refractivity contribution in [1.82, 2.24) is 20.0 Å². The Kier molecular flexibility index (Phi) is 19.2. The minimum Gasteiger partial charge on any atom is -0.386 e. The van der Waals surface area contributed by atoms with Crippen molar-refractivity contribution in [2.45, 2.75) is 142 Å². The molecule has 0 aromatic heterocycles. The number of likely N-dealkylation sites (tertiary alicyclic amines) is 1. The second-order valence-corrected chi connectivity index (χ2v) is 17.1. The number of likely N-dealkylation sites (N-methyl/N-ethyl adjacent to an activating group) is 2. The van der Waals surface area contributed by atoms with Crippen LogP contribution in [0.3, 0.4) is 0 Å². The molecular weight excluding hydrogens is 749 g/mol. The number of carbonyl (C=O) groups is 5. The van der Waals surface area contributed by atoms with E-state index in [1.807, 2.05) is 70.2 Å². The van der Waals surface area contributed by atoms with E-state index in [0.29, 0.717) is 30.0 Å². The lowest BCUT2D eigenvalue weighted by molar-refractivity contribution is -0.146. The van der Waals surface area contributed by atoms with Crippen LogP contribution in [0.25, 0.3) is 0 Å². The van der Waals surface area contributed by atoms with E-state index in [4.69, 9.17) is 9.47 Å². The highest BCUT2D eigenvalue weighted by Crippen LogP contribution is 2.30. The maximum absolute atomic E-state index is 14.2. The zero-order valence-corrected chi connectivity index (χ0v) is 37.6. The molecule has 0 spiro atoms. The summed E-state index contributed by atoms with van der Waals surface area (Å²) >= 11 is 0. The number of nitrogens with zero attached hydrogens (tertiary/aromatic N) is 3. The maximum atomic E-state index is 14.2. The van der Waals surface area contributed by atoms with Crippen LogP contribution in [0, 0.1) is 17.8 Å². The predicted octanol–water partition coefficient (Wildman–Crippen LogP) is 6.41. The average Bonchev–Trinajstić information content (AvgIpc) is 3.71. The number of ether oxygens (including phenoxy) is 2. The lowest BCUT2D eigenvalue weighted by atomic mass is 9.89. The fourth-order valence-electron chi connectivity index (χ4n) is 8.63. The number of methoxy groups -OCH3 is 2. The fraction of sp³-hybridized carbons (Fsp3) is 0.638. The smallest absolute Gasteiger partial charge is 0.254 e. The topological polar surface area (TPSA) is 146 Å². The lowest BCUT2D eigenvalue weighted by Gasteiger charge is -2.39. The molecule has 0 bridgehead atoms. The first kappa shape index (κ1) is 49.2. The minimum atomic E-state index is -0.888. The summed E-state index contributed by atoms with van der Waals surface area (Å²) in [6.07, 6.45) is -0.0746. The normalized spacial score (nSPS) is 18.4. The molecule has 0 radical (unpaired) electrons. The molecule has 1 heterocycles. The standard InChI is InChI=1S/C47H72N4O8/c1-13-31(6)43(49(9)40(53)26-25-38(52)42(30(4)5)50(10)47(57)36-23-21-34(22-24-36)29(2)3)39(58-11)28-41(54)51-27-17-20-37(51)45(59-12)32(7)46(56)48-33(8)44(55)35-18-15-14-16-19-35/h14-16,18-19,21-24,29-33,37,39,42-45,55H,13,17,20,25-28H2,1-12H3,(H,48,56)/t31-,32+,33+,37-,39+,42-,43-,44+,45+/m0/s1. The molecule has 0 aliphatic carbocycles. The molecule has 1 aliphatic rings. The van der Waals surface area contributed by atoms with Gasteiger partial charge in [0.15, 0.2) is 5.78 Å². The van der Waals surface area contributed by atoms with E-state index in [-0.39, 0.29) is 66.6 Å². The molecule has 328 valence electrons. The van der Waals surface area contributed by atoms with Crippen LogP contribution in [0.15, 0.2) is 54.6 Å². The van der Waals surface area contributed by atoms with Crippen molar-refractivity contribution in [2.24, 2.45) is 17.8 Å². The predicted molar refractivity (Wildman–Crippen MR) is 231 cm³/mol. The van der Waals surface area contributed by atoms with E-state index in [9.17, 15) is 29.1 Å². The summed E-state index contributed by atoms with van der Waals surface area (Å²) in [5.41, 5.74) is 2.33. The summed E-state index contributed by atoms with van der Waals surface area (Å²) < 4.78 is 11.9. The van der Waals surface area contributed by atoms with Crippen LogP contribution in [0.5, 0.6) is 0 Å². The summed E-state index contributed by atoms with van der Waals surface area (Å²) in [5, 5.41) is 13.8. The quantitative estimate of drug-likeness (QED) is 0.139. The van der Waals surface area contributed by atoms with Crippen molar-refractivity contribution >= 4 is 29.4 Å². The molecule has 9 atom stereocenters. The van der Waals surface area contributed by atoms with Crippen LogP contribution in [-0.2, 0) is 28.7 Å². The van der Waals surface area contributed by atoms with E-state index >= 15 is 0 Å². The van der Waals surface area contributed by atoms with Gasteiger partial charge < -0.3 is 34.6 Å². The zero-order valence-electron chi connectivity index (χ0n) is 37.6. The molecule has 12 heteroatoms. The van der Waals surface area contributed by atoms with Crippen molar-refractivity contribution < 1.29 is 38.6 Å². The summed E-state index contributed by atoms with van der Waals surface area (Å²) in [7, 11) is 6.43. The van der Waals surface area contributed by atoms with Crippen LogP contribution >= 0.6 is 0 Å². The van der Waals surface area contributed by atoms with E-state index in [1.165, 1.54) is 4.90 Å². The Morgan fingerprint density at radius 1 is 0.847 bits per heavy atom. The third-order valence-electron chi connectivity index (χ3n) is 12.4. The number of aliphatic hydroxyl groups is 1. The Hall–Kier alpha value is -4.13. The molecule has 4 amide bonds. The minimum absolute atomic E-state index is 0.0103. The second kappa shape index (κ2) is 23.0. The lowest BCUT2D eigenvalue weighted by Crippen LogP contribution is -2.53. The first-order chi connectivity index (χ1) is 27.9. The number of nitrogens with one attached hydrogen (secondary N) is 1. The van der Waals surface area contributed by atoms with Crippen LogP contribution in [0.2, 0.25) is 0 Å². The number of benzene rings is 2. The first-order valence-corrected chi connectivity index (χ1v) is 21.4. The number of Topliss-reactive ketones (excluding diaryl/α,β-unsaturated/α-hetero) is 1. The van der Waals surface area contributed by atoms with Crippen molar-refractivity contribution in [2.75, 3.05) is 34.9 Å². The number of amides is 4. The molecule has 2 aromatic rings. The third-order valence-corrected chi connectivity index (χ3v) is 12.4. The van der Waals surface area contributed by atoms with Crippen LogP contribution in [-0.4, -0.2) is 120 Å². The molecule has 3 rings (SSSR count). The molecule has 1 saturated heterocycles. The van der Waals surface area contributed by atoms with Gasteiger partial charge in [-0.2, -0.15) is 0 Å². The molecule has 2 N–H and O–H groups in total. The van der Waals surface area contributed by atoms with Gasteiger partial charge in [0.25, 0.3) is 5.91 Å². The van der Waals surface area contributed by atoms with Crippen molar-refractivity contribution in [3.05, 3.63) is 71.3 Å². The van der Waals surface area contributed by atoms with Gasteiger partial charge in [-0.3, -0.25) is 24.0 Å². The fourth-order valence-corrected chi connectivity index (χ4v) is 8.63. The van der Waals surface area contributed by atoms with E-state index in [0.717, 1.165) is 18.4 Å². The first-order valence-electron chi connectivity index (χ1n) is 21.4. The third kappa shape index (κ3) is 12.7. The number of aliphatic hydroxyl groups excluding tert-OH is 1. The molecule has 59 heavy (non-hydrogen) atoms. The Morgan fingerprint density at radius 3 is 2.02 bits per heavy atom. The Labute approximate surface area is 353 Å². The number of hydrogen-bond acceptors (Lipinski definition) is 8. The number of hydrogen-bond donors (Lipinski definition) is 2. The summed E-state index contributed by atoms with van der Waals surface area (Å²) in [6, 6.07) is 14.5. The Balaban J connectivity index is 1.69. The van der Waals surface area contributed by atoms with Gasteiger partial charge in [0, 0.05) is 53.3 Å². The average molecular weight is 821 g/mol. The second-order valence-electron chi connectivity index (χ2n) is 17.1. The van der Waals surface area contributed by atoms with Crippen LogP contribution in [0.1, 0.15) is 127 Å². The molecule has 0 unspecified atom stereocenters. The van der Waals surface area contributed by atoms with Crippen LogP contribution in [0.4, 0.5) is 0 Å². The van der Waals surface area contributed by atoms with Gasteiger partial charge in [-0.05, 0) is 60.8 Å². The highest BCUT2D eigenvalue weighted by atomic mass is 16.5. The molecule has 2 aromatic carbocycles. The number of rotatable bonds is 22. The van der Waals surface area contributed by atoms with Crippen molar-refractivity contribution in [1.29, 1.82) is 0 Å². The molecule has 0 saturated carbocycles. The SMILES string of the molecule is CC[C@H](C)[C@@H]([C@@H](CC(=O)N1CCC[C@H]1[C@H](OC)[C@@H](C)C(=O)N[C@H](C)[C@@H](O)c1ccccc1)OC)N(C)C(=O)CCC(=O)[C@H](C(C)C)N(C)C(=O)c1ccc(C(C)C)cc1. The van der Waals surface area contributed by atoms with Gasteiger partial charge in [0.2, 0.25) is 17.7 Å². The van der Waals surface area contributed by atoms with Crippen molar-refractivity contribution in [3.8, 4) is 0 Å². The monoisotopic (exact) mass is 821 g/mol. The largest absolute Gasteiger partial charge is 0.386 e. The van der Waals surface area contributed by atoms with Crippen LogP contribution < -0.4 is 5.32 Å².